The SMILES string of the molecule is CCCCCCCCCCCCN(CCCCCCCCCCCC)CCN(CC=O)CCCCCCCCC. The number of nitrogens with zero attached hydrogens (tertiary/aromatic N) is 2. The number of rotatable bonds is 35. The van der Waals surface area contributed by atoms with Crippen LogP contribution < -0.4 is 0 Å². The van der Waals surface area contributed by atoms with Crippen LogP contribution in [0.15, 0.2) is 0 Å². The molecule has 0 heterocycles. The Kier molecular flexibility index (Phi) is 34.4. The normalized spacial score (nSPS) is 11.7. The number of carbonyl (C=O) groups is 1. The molecule has 0 aliphatic heterocycles. The van der Waals surface area contributed by atoms with E-state index in [1.165, 1.54) is 186 Å². The molecule has 0 aromatic heterocycles. The zero-order chi connectivity index (χ0) is 29.2. The summed E-state index contributed by atoms with van der Waals surface area (Å²) in [5.74, 6) is 0. The fraction of sp³-hybridized carbons (Fsp3) is 0.973. The molecule has 0 atom stereocenters. The van der Waals surface area contributed by atoms with Gasteiger partial charge in [-0.25, -0.2) is 0 Å². The molecule has 0 aromatic carbocycles. The van der Waals surface area contributed by atoms with Crippen LogP contribution in [0.2, 0.25) is 0 Å². The van der Waals surface area contributed by atoms with Crippen LogP contribution in [-0.2, 0) is 4.79 Å². The van der Waals surface area contributed by atoms with Crippen molar-refractivity contribution in [3.8, 4) is 0 Å². The maximum atomic E-state index is 11.4. The Labute approximate surface area is 254 Å². The number of aldehydes is 1. The van der Waals surface area contributed by atoms with Gasteiger partial charge in [-0.2, -0.15) is 0 Å². The van der Waals surface area contributed by atoms with Crippen molar-refractivity contribution >= 4 is 6.29 Å². The highest BCUT2D eigenvalue weighted by Crippen LogP contribution is 2.13. The lowest BCUT2D eigenvalue weighted by Crippen LogP contribution is -2.37. The van der Waals surface area contributed by atoms with E-state index in [-0.39, 0.29) is 0 Å². The van der Waals surface area contributed by atoms with Crippen molar-refractivity contribution in [1.82, 2.24) is 9.80 Å². The molecule has 0 unspecified atom stereocenters. The Hall–Kier alpha value is -0.410. The van der Waals surface area contributed by atoms with Gasteiger partial charge in [-0.1, -0.05) is 175 Å². The van der Waals surface area contributed by atoms with Crippen LogP contribution in [0.25, 0.3) is 0 Å². The van der Waals surface area contributed by atoms with E-state index in [2.05, 4.69) is 30.6 Å². The van der Waals surface area contributed by atoms with E-state index >= 15 is 0 Å². The van der Waals surface area contributed by atoms with E-state index in [0.29, 0.717) is 6.54 Å². The van der Waals surface area contributed by atoms with Crippen LogP contribution in [0.3, 0.4) is 0 Å². The molecule has 0 bridgehead atoms. The van der Waals surface area contributed by atoms with Crippen molar-refractivity contribution in [2.75, 3.05) is 39.3 Å². The summed E-state index contributed by atoms with van der Waals surface area (Å²) < 4.78 is 0. The molecule has 0 amide bonds. The third kappa shape index (κ3) is 30.5. The smallest absolute Gasteiger partial charge is 0.133 e. The quantitative estimate of drug-likeness (QED) is 0.0565. The summed E-state index contributed by atoms with van der Waals surface area (Å²) >= 11 is 0. The second-order valence-corrected chi connectivity index (χ2v) is 12.8. The summed E-state index contributed by atoms with van der Waals surface area (Å²) in [6, 6.07) is 0. The highest BCUT2D eigenvalue weighted by atomic mass is 16.1. The number of hydrogen-bond donors (Lipinski definition) is 0. The van der Waals surface area contributed by atoms with E-state index in [9.17, 15) is 4.79 Å². The lowest BCUT2D eigenvalue weighted by Gasteiger charge is -2.27. The lowest BCUT2D eigenvalue weighted by atomic mass is 10.1. The van der Waals surface area contributed by atoms with Gasteiger partial charge in [0.15, 0.2) is 0 Å². The summed E-state index contributed by atoms with van der Waals surface area (Å²) in [6.45, 7) is 13.3. The molecule has 0 fully saturated rings. The highest BCUT2D eigenvalue weighted by molar-refractivity contribution is 5.51. The van der Waals surface area contributed by atoms with Crippen LogP contribution in [0, 0.1) is 0 Å². The first-order valence-corrected chi connectivity index (χ1v) is 18.7. The second-order valence-electron chi connectivity index (χ2n) is 12.8. The largest absolute Gasteiger partial charge is 0.302 e. The van der Waals surface area contributed by atoms with Gasteiger partial charge in [0.2, 0.25) is 0 Å². The molecule has 0 saturated heterocycles. The van der Waals surface area contributed by atoms with Gasteiger partial charge in [0, 0.05) is 13.1 Å². The highest BCUT2D eigenvalue weighted by Gasteiger charge is 2.10. The average molecular weight is 565 g/mol. The van der Waals surface area contributed by atoms with Crippen LogP contribution >= 0.6 is 0 Å². The van der Waals surface area contributed by atoms with Gasteiger partial charge in [0.1, 0.15) is 6.29 Å². The molecule has 40 heavy (non-hydrogen) atoms. The third-order valence-corrected chi connectivity index (χ3v) is 8.80. The number of unbranched alkanes of at least 4 members (excludes halogenated alkanes) is 24. The Morgan fingerprint density at radius 2 is 0.575 bits per heavy atom. The van der Waals surface area contributed by atoms with Crippen LogP contribution in [0.5, 0.6) is 0 Å². The minimum atomic E-state index is 0.611. The molecule has 0 spiro atoms. The second kappa shape index (κ2) is 34.8. The maximum Gasteiger partial charge on any atom is 0.133 e. The third-order valence-electron chi connectivity index (χ3n) is 8.80. The van der Waals surface area contributed by atoms with E-state index in [1.54, 1.807) is 0 Å². The minimum Gasteiger partial charge on any atom is -0.302 e. The summed E-state index contributed by atoms with van der Waals surface area (Å²) in [5.41, 5.74) is 0. The summed E-state index contributed by atoms with van der Waals surface area (Å²) in [4.78, 5) is 16.5. The van der Waals surface area contributed by atoms with Crippen molar-refractivity contribution in [2.24, 2.45) is 0 Å². The summed E-state index contributed by atoms with van der Waals surface area (Å²) in [7, 11) is 0. The molecule has 0 aromatic rings. The number of hydrogen-bond acceptors (Lipinski definition) is 3. The van der Waals surface area contributed by atoms with Crippen LogP contribution in [0.4, 0.5) is 0 Å². The van der Waals surface area contributed by atoms with Crippen molar-refractivity contribution in [3.05, 3.63) is 0 Å². The molecule has 0 N–H and O–H groups in total. The molecule has 0 saturated carbocycles. The Morgan fingerprint density at radius 3 is 0.875 bits per heavy atom. The van der Waals surface area contributed by atoms with Crippen molar-refractivity contribution in [3.63, 3.8) is 0 Å². The van der Waals surface area contributed by atoms with Gasteiger partial charge in [-0.3, -0.25) is 4.90 Å². The minimum absolute atomic E-state index is 0.611. The van der Waals surface area contributed by atoms with Gasteiger partial charge in [-0.05, 0) is 38.9 Å². The molecule has 0 rings (SSSR count). The van der Waals surface area contributed by atoms with Gasteiger partial charge in [0.05, 0.1) is 6.54 Å². The molecular weight excluding hydrogens is 488 g/mol. The van der Waals surface area contributed by atoms with Crippen molar-refractivity contribution < 1.29 is 4.79 Å². The molecule has 3 nitrogen and oxygen atoms in total. The van der Waals surface area contributed by atoms with Gasteiger partial charge < -0.3 is 9.69 Å². The zero-order valence-electron chi connectivity index (χ0n) is 28.2. The fourth-order valence-corrected chi connectivity index (χ4v) is 5.96. The van der Waals surface area contributed by atoms with Crippen molar-refractivity contribution in [2.45, 2.75) is 194 Å². The first-order chi connectivity index (χ1) is 19.8. The molecule has 0 aliphatic carbocycles. The van der Waals surface area contributed by atoms with E-state index in [4.69, 9.17) is 0 Å². The maximum absolute atomic E-state index is 11.4. The van der Waals surface area contributed by atoms with E-state index < -0.39 is 0 Å². The molecule has 0 aliphatic rings. The lowest BCUT2D eigenvalue weighted by molar-refractivity contribution is -0.108. The van der Waals surface area contributed by atoms with Crippen LogP contribution in [-0.4, -0.2) is 55.4 Å². The standard InChI is InChI=1S/C37H76N2O/c1-4-7-10-13-16-18-20-23-26-28-31-38(32-29-27-24-21-19-17-14-11-8-5-2)34-35-39(36-37-40)33-30-25-22-15-12-9-6-3/h37H,4-36H2,1-3H3. The predicted molar refractivity (Wildman–Crippen MR) is 181 cm³/mol. The monoisotopic (exact) mass is 565 g/mol. The fourth-order valence-electron chi connectivity index (χ4n) is 5.96. The molecule has 0 radical (unpaired) electrons. The van der Waals surface area contributed by atoms with E-state index in [1.807, 2.05) is 0 Å². The van der Waals surface area contributed by atoms with Crippen molar-refractivity contribution in [1.29, 1.82) is 0 Å². The van der Waals surface area contributed by atoms with Gasteiger partial charge in [0.25, 0.3) is 0 Å². The zero-order valence-corrected chi connectivity index (χ0v) is 28.2. The molecule has 3 heteroatoms. The van der Waals surface area contributed by atoms with E-state index in [0.717, 1.165) is 25.9 Å². The van der Waals surface area contributed by atoms with Gasteiger partial charge in [-0.15, -0.1) is 0 Å². The topological polar surface area (TPSA) is 23.6 Å². The summed E-state index contributed by atoms with van der Waals surface area (Å²) in [6.07, 6.45) is 38.7. The predicted octanol–water partition coefficient (Wildman–Crippen LogP) is 11.4. The first kappa shape index (κ1) is 39.6. The Balaban J connectivity index is 4.26. The molecular formula is C37H76N2O. The summed E-state index contributed by atoms with van der Waals surface area (Å²) in [5, 5.41) is 0. The Morgan fingerprint density at radius 1 is 0.325 bits per heavy atom. The van der Waals surface area contributed by atoms with Gasteiger partial charge >= 0.3 is 0 Å². The Bertz CT molecular complexity index is 445. The number of carbonyl (C=O) groups excluding carboxylic acids is 1. The molecule has 240 valence electrons. The average Bonchev–Trinajstić information content (AvgIpc) is 2.96. The van der Waals surface area contributed by atoms with Crippen LogP contribution in [0.1, 0.15) is 194 Å². The first-order valence-electron chi connectivity index (χ1n) is 18.7.